The van der Waals surface area contributed by atoms with Gasteiger partial charge in [0.1, 0.15) is 5.75 Å². The lowest BCUT2D eigenvalue weighted by Gasteiger charge is -2.45. The van der Waals surface area contributed by atoms with Crippen LogP contribution in [0.1, 0.15) is 12.0 Å². The zero-order chi connectivity index (χ0) is 23.3. The fourth-order valence-electron chi connectivity index (χ4n) is 4.27. The number of morpholine rings is 2. The summed E-state index contributed by atoms with van der Waals surface area (Å²) in [6, 6.07) is 9.26. The van der Waals surface area contributed by atoms with Crippen molar-refractivity contribution in [3.63, 3.8) is 0 Å². The number of rotatable bonds is 10. The van der Waals surface area contributed by atoms with Crippen molar-refractivity contribution in [1.82, 2.24) is 24.1 Å². The molecule has 1 aromatic heterocycles. The molecule has 0 saturated carbocycles. The molecule has 0 amide bonds. The van der Waals surface area contributed by atoms with Crippen molar-refractivity contribution >= 4 is 10.0 Å². The Morgan fingerprint density at radius 2 is 1.82 bits per heavy atom. The number of hydrogen-bond acceptors (Lipinski definition) is 8. The summed E-state index contributed by atoms with van der Waals surface area (Å²) >= 11 is 0. The third kappa shape index (κ3) is 6.52. The Bertz CT molecular complexity index is 1050. The zero-order valence-corrected chi connectivity index (χ0v) is 19.6. The second-order valence-electron chi connectivity index (χ2n) is 8.51. The average Bonchev–Trinajstić information content (AvgIpc) is 3.24. The first-order valence-corrected chi connectivity index (χ1v) is 12.6. The fraction of sp³-hybridized carbons (Fsp3) is 0.545. The highest BCUT2D eigenvalue weighted by atomic mass is 32.2. The molecule has 0 spiro atoms. The van der Waals surface area contributed by atoms with Gasteiger partial charge in [-0.1, -0.05) is 0 Å². The van der Waals surface area contributed by atoms with Crippen LogP contribution in [0.25, 0.3) is 0 Å². The molecule has 2 saturated heterocycles. The number of hydrogen-bond donors (Lipinski definition) is 1. The molecule has 178 valence electrons. The summed E-state index contributed by atoms with van der Waals surface area (Å²) in [5.74, 6) is 0.780. The van der Waals surface area contributed by atoms with E-state index in [2.05, 4.69) is 25.6 Å². The quantitative estimate of drug-likeness (QED) is 0.493. The first-order chi connectivity index (χ1) is 15.9. The van der Waals surface area contributed by atoms with E-state index in [0.29, 0.717) is 25.3 Å². The summed E-state index contributed by atoms with van der Waals surface area (Å²) in [5.41, 5.74) is 0.627. The number of sulfonamides is 1. The maximum absolute atomic E-state index is 12.3. The van der Waals surface area contributed by atoms with Crippen molar-refractivity contribution in [2.45, 2.75) is 23.7 Å². The van der Waals surface area contributed by atoms with Crippen LogP contribution in [0.15, 0.2) is 41.8 Å². The molecular weight excluding hydrogens is 444 g/mol. The molecule has 3 heterocycles. The SMILES string of the molecule is Cn1cnc(S(=O)(=O)NCCN2CC3CN(CCCOc4ccc(C#N)cc4)CC(C2)O3)c1. The molecular formula is C22H30N6O4S. The number of nitrogens with one attached hydrogen (secondary N) is 1. The summed E-state index contributed by atoms with van der Waals surface area (Å²) in [6.07, 6.45) is 4.14. The first kappa shape index (κ1) is 23.7. The first-order valence-electron chi connectivity index (χ1n) is 11.1. The Kier molecular flexibility index (Phi) is 7.62. The van der Waals surface area contributed by atoms with E-state index >= 15 is 0 Å². The van der Waals surface area contributed by atoms with Crippen LogP contribution in [0.2, 0.25) is 0 Å². The lowest BCUT2D eigenvalue weighted by molar-refractivity contribution is -0.138. The molecule has 11 heteroatoms. The number of aryl methyl sites for hydroxylation is 1. The van der Waals surface area contributed by atoms with Crippen LogP contribution in [0, 0.1) is 11.3 Å². The number of imidazole rings is 1. The van der Waals surface area contributed by atoms with E-state index in [4.69, 9.17) is 14.7 Å². The summed E-state index contributed by atoms with van der Waals surface area (Å²) < 4.78 is 40.8. The highest BCUT2D eigenvalue weighted by molar-refractivity contribution is 7.89. The molecule has 2 fully saturated rings. The lowest BCUT2D eigenvalue weighted by atomic mass is 10.1. The van der Waals surface area contributed by atoms with Gasteiger partial charge in [-0.05, 0) is 30.7 Å². The summed E-state index contributed by atoms with van der Waals surface area (Å²) in [4.78, 5) is 8.60. The van der Waals surface area contributed by atoms with Crippen molar-refractivity contribution in [1.29, 1.82) is 5.26 Å². The van der Waals surface area contributed by atoms with E-state index in [-0.39, 0.29) is 17.2 Å². The van der Waals surface area contributed by atoms with E-state index < -0.39 is 10.0 Å². The van der Waals surface area contributed by atoms with Crippen LogP contribution in [0.4, 0.5) is 0 Å². The van der Waals surface area contributed by atoms with E-state index in [1.54, 1.807) is 23.7 Å². The Morgan fingerprint density at radius 3 is 2.42 bits per heavy atom. The third-order valence-electron chi connectivity index (χ3n) is 5.78. The van der Waals surface area contributed by atoms with Crippen LogP contribution in [-0.4, -0.2) is 92.4 Å². The topological polar surface area (TPSA) is 113 Å². The highest BCUT2D eigenvalue weighted by Crippen LogP contribution is 2.19. The Hall–Kier alpha value is -2.49. The number of ether oxygens (including phenoxy) is 2. The smallest absolute Gasteiger partial charge is 0.259 e. The zero-order valence-electron chi connectivity index (χ0n) is 18.8. The van der Waals surface area contributed by atoms with E-state index in [0.717, 1.165) is 44.9 Å². The molecule has 2 unspecified atom stereocenters. The van der Waals surface area contributed by atoms with E-state index in [1.165, 1.54) is 12.5 Å². The number of fused-ring (bicyclic) bond motifs is 2. The maximum atomic E-state index is 12.3. The Balaban J connectivity index is 1.15. The van der Waals surface area contributed by atoms with Crippen molar-refractivity contribution in [2.24, 2.45) is 7.05 Å². The predicted octanol–water partition coefficient (Wildman–Crippen LogP) is 0.424. The van der Waals surface area contributed by atoms with Gasteiger partial charge in [-0.2, -0.15) is 5.26 Å². The van der Waals surface area contributed by atoms with Gasteiger partial charge in [0.25, 0.3) is 10.0 Å². The number of nitrogens with zero attached hydrogens (tertiary/aromatic N) is 5. The molecule has 2 aromatic rings. The second-order valence-corrected chi connectivity index (χ2v) is 10.2. The molecule has 2 atom stereocenters. The fourth-order valence-corrected chi connectivity index (χ4v) is 5.27. The minimum atomic E-state index is -3.58. The maximum Gasteiger partial charge on any atom is 0.259 e. The number of benzene rings is 1. The molecule has 2 bridgehead atoms. The van der Waals surface area contributed by atoms with Crippen LogP contribution in [0.3, 0.4) is 0 Å². The minimum absolute atomic E-state index is 0.0441. The predicted molar refractivity (Wildman–Crippen MR) is 121 cm³/mol. The van der Waals surface area contributed by atoms with Gasteiger partial charge in [0.15, 0.2) is 5.03 Å². The highest BCUT2D eigenvalue weighted by Gasteiger charge is 2.34. The van der Waals surface area contributed by atoms with Gasteiger partial charge in [0, 0.05) is 59.1 Å². The average molecular weight is 475 g/mol. The van der Waals surface area contributed by atoms with Crippen LogP contribution >= 0.6 is 0 Å². The van der Waals surface area contributed by atoms with Gasteiger partial charge in [-0.3, -0.25) is 9.80 Å². The summed E-state index contributed by atoms with van der Waals surface area (Å²) in [7, 11) is -1.84. The van der Waals surface area contributed by atoms with Crippen molar-refractivity contribution < 1.29 is 17.9 Å². The Morgan fingerprint density at radius 1 is 1.15 bits per heavy atom. The van der Waals surface area contributed by atoms with Gasteiger partial charge in [0.2, 0.25) is 0 Å². The summed E-state index contributed by atoms with van der Waals surface area (Å²) in [5, 5.41) is 8.89. The van der Waals surface area contributed by atoms with Crippen LogP contribution < -0.4 is 9.46 Å². The van der Waals surface area contributed by atoms with Crippen molar-refractivity contribution in [3.8, 4) is 11.8 Å². The van der Waals surface area contributed by atoms with Gasteiger partial charge in [0.05, 0.1) is 36.8 Å². The van der Waals surface area contributed by atoms with Crippen molar-refractivity contribution in [2.75, 3.05) is 52.4 Å². The monoisotopic (exact) mass is 474 g/mol. The molecule has 1 N–H and O–H groups in total. The molecule has 1 aromatic carbocycles. The second kappa shape index (κ2) is 10.6. The normalized spacial score (nSPS) is 21.6. The molecule has 33 heavy (non-hydrogen) atoms. The molecule has 0 aliphatic carbocycles. The molecule has 10 nitrogen and oxygen atoms in total. The molecule has 0 radical (unpaired) electrons. The Labute approximate surface area is 194 Å². The van der Waals surface area contributed by atoms with Gasteiger partial charge >= 0.3 is 0 Å². The summed E-state index contributed by atoms with van der Waals surface area (Å²) in [6.45, 7) is 5.86. The van der Waals surface area contributed by atoms with Crippen LogP contribution in [-0.2, 0) is 21.8 Å². The van der Waals surface area contributed by atoms with Crippen LogP contribution in [0.5, 0.6) is 5.75 Å². The van der Waals surface area contributed by atoms with Gasteiger partial charge in [-0.25, -0.2) is 18.1 Å². The molecule has 2 aliphatic heterocycles. The van der Waals surface area contributed by atoms with E-state index in [1.807, 2.05) is 12.1 Å². The number of nitriles is 1. The van der Waals surface area contributed by atoms with E-state index in [9.17, 15) is 8.42 Å². The minimum Gasteiger partial charge on any atom is -0.494 e. The lowest BCUT2D eigenvalue weighted by Crippen LogP contribution is -2.60. The van der Waals surface area contributed by atoms with Gasteiger partial charge < -0.3 is 14.0 Å². The molecule has 4 rings (SSSR count). The van der Waals surface area contributed by atoms with Gasteiger partial charge in [-0.15, -0.1) is 0 Å². The standard InChI is InChI=1S/C22H30N6O4S/c1-26-16-22(24-17-26)33(29,30)25-7-9-28-14-20-12-27(13-21(15-28)32-20)8-2-10-31-19-5-3-18(11-23)4-6-19/h3-6,16-17,20-21,25H,2,7-10,12-15H2,1H3. The molecule has 2 aliphatic rings. The number of aromatic nitrogens is 2. The third-order valence-corrected chi connectivity index (χ3v) is 7.13. The largest absolute Gasteiger partial charge is 0.494 e. The van der Waals surface area contributed by atoms with Crippen molar-refractivity contribution in [3.05, 3.63) is 42.4 Å².